The van der Waals surface area contributed by atoms with Gasteiger partial charge in [0.15, 0.2) is 6.61 Å². The van der Waals surface area contributed by atoms with Crippen molar-refractivity contribution in [3.05, 3.63) is 44.5 Å². The van der Waals surface area contributed by atoms with Gasteiger partial charge >= 0.3 is 5.97 Å². The number of rotatable bonds is 4. The summed E-state index contributed by atoms with van der Waals surface area (Å²) in [5, 5.41) is 0. The quantitative estimate of drug-likeness (QED) is 0.638. The summed E-state index contributed by atoms with van der Waals surface area (Å²) in [6, 6.07) is 4.82. The highest BCUT2D eigenvalue weighted by atomic mass is 35.5. The fraction of sp³-hybridized carbons (Fsp3) is 0.231. The van der Waals surface area contributed by atoms with Crippen LogP contribution in [0, 0.1) is 13.8 Å². The van der Waals surface area contributed by atoms with E-state index >= 15 is 0 Å². The van der Waals surface area contributed by atoms with Crippen molar-refractivity contribution < 1.29 is 18.7 Å². The van der Waals surface area contributed by atoms with Gasteiger partial charge in [0.05, 0.1) is 9.21 Å². The Morgan fingerprint density at radius 3 is 2.63 bits per heavy atom. The third-order valence-electron chi connectivity index (χ3n) is 2.44. The number of ether oxygens (including phenoxy) is 1. The Balaban J connectivity index is 1.97. The van der Waals surface area contributed by atoms with E-state index in [-0.39, 0.29) is 12.4 Å². The van der Waals surface area contributed by atoms with Gasteiger partial charge in [-0.1, -0.05) is 11.6 Å². The van der Waals surface area contributed by atoms with Gasteiger partial charge in [-0.2, -0.15) is 0 Å². The lowest BCUT2D eigenvalue weighted by atomic mass is 10.2. The Labute approximate surface area is 118 Å². The lowest BCUT2D eigenvalue weighted by Crippen LogP contribution is -2.13. The molecule has 2 heterocycles. The second kappa shape index (κ2) is 5.59. The Morgan fingerprint density at radius 1 is 1.37 bits per heavy atom. The van der Waals surface area contributed by atoms with Crippen molar-refractivity contribution in [2.24, 2.45) is 0 Å². The molecule has 2 aromatic rings. The van der Waals surface area contributed by atoms with E-state index in [0.29, 0.717) is 26.3 Å². The monoisotopic (exact) mass is 298 g/mol. The number of hydrogen-bond acceptors (Lipinski definition) is 5. The van der Waals surface area contributed by atoms with Crippen LogP contribution in [0.2, 0.25) is 4.34 Å². The Hall–Kier alpha value is -1.59. The normalized spacial score (nSPS) is 10.5. The summed E-state index contributed by atoms with van der Waals surface area (Å²) >= 11 is 6.89. The number of furan rings is 1. The van der Waals surface area contributed by atoms with Gasteiger partial charge in [0.25, 0.3) is 0 Å². The predicted octanol–water partition coefficient (Wildman–Crippen LogP) is 3.65. The molecule has 0 aliphatic carbocycles. The maximum atomic E-state index is 11.8. The van der Waals surface area contributed by atoms with Crippen LogP contribution in [0.15, 0.2) is 22.6 Å². The topological polar surface area (TPSA) is 56.5 Å². The molecule has 0 unspecified atom stereocenters. The number of aryl methyl sites for hydroxylation is 2. The summed E-state index contributed by atoms with van der Waals surface area (Å²) in [4.78, 5) is 24.0. The zero-order valence-corrected chi connectivity index (χ0v) is 11.9. The van der Waals surface area contributed by atoms with E-state index in [1.807, 2.05) is 0 Å². The van der Waals surface area contributed by atoms with E-state index in [0.717, 1.165) is 11.3 Å². The second-order valence-electron chi connectivity index (χ2n) is 3.93. The second-order valence-corrected chi connectivity index (χ2v) is 5.65. The minimum absolute atomic E-state index is 0.275. The van der Waals surface area contributed by atoms with Crippen LogP contribution < -0.4 is 0 Å². The van der Waals surface area contributed by atoms with E-state index in [1.54, 1.807) is 32.0 Å². The number of carbonyl (C=O) groups excluding carboxylic acids is 2. The smallest absolute Gasteiger partial charge is 0.342 e. The largest absolute Gasteiger partial charge is 0.466 e. The molecular weight excluding hydrogens is 288 g/mol. The average Bonchev–Trinajstić information content (AvgIpc) is 2.92. The molecule has 0 atom stereocenters. The summed E-state index contributed by atoms with van der Waals surface area (Å²) in [6.07, 6.45) is 0. The number of thiophene rings is 1. The predicted molar refractivity (Wildman–Crippen MR) is 72.1 cm³/mol. The number of Topliss-reactive ketones (excluding diaryl/α,β-unsaturated/α-hetero) is 1. The minimum atomic E-state index is -0.564. The van der Waals surface area contributed by atoms with Gasteiger partial charge < -0.3 is 9.15 Å². The molecule has 4 nitrogen and oxygen atoms in total. The van der Waals surface area contributed by atoms with E-state index in [2.05, 4.69) is 0 Å². The van der Waals surface area contributed by atoms with Gasteiger partial charge in [0.2, 0.25) is 5.78 Å². The third-order valence-corrected chi connectivity index (χ3v) is 3.72. The van der Waals surface area contributed by atoms with Crippen LogP contribution in [0.25, 0.3) is 0 Å². The summed E-state index contributed by atoms with van der Waals surface area (Å²) in [6.45, 7) is 3.10. The Bertz CT molecular complexity index is 626. The van der Waals surface area contributed by atoms with Gasteiger partial charge in [-0.05, 0) is 32.0 Å². The van der Waals surface area contributed by atoms with Crippen LogP contribution in [0.4, 0.5) is 0 Å². The highest BCUT2D eigenvalue weighted by molar-refractivity contribution is 7.18. The first-order valence-electron chi connectivity index (χ1n) is 5.50. The SMILES string of the molecule is Cc1cc(C(=O)OCC(=O)c2ccc(Cl)s2)c(C)o1. The molecule has 6 heteroatoms. The molecular formula is C13H11ClO4S. The Kier molecular flexibility index (Phi) is 4.07. The molecule has 0 aromatic carbocycles. The Morgan fingerprint density at radius 2 is 2.11 bits per heavy atom. The number of ketones is 1. The number of hydrogen-bond donors (Lipinski definition) is 0. The molecule has 2 aromatic heterocycles. The molecule has 0 amide bonds. The summed E-state index contributed by atoms with van der Waals surface area (Å²) in [5.41, 5.74) is 0.342. The molecule has 2 rings (SSSR count). The first kappa shape index (κ1) is 13.8. The summed E-state index contributed by atoms with van der Waals surface area (Å²) in [7, 11) is 0. The minimum Gasteiger partial charge on any atom is -0.466 e. The van der Waals surface area contributed by atoms with E-state index in [1.165, 1.54) is 0 Å². The van der Waals surface area contributed by atoms with Gasteiger partial charge in [0.1, 0.15) is 17.1 Å². The van der Waals surface area contributed by atoms with Crippen LogP contribution in [-0.2, 0) is 4.74 Å². The fourth-order valence-electron chi connectivity index (χ4n) is 1.58. The standard InChI is InChI=1S/C13H11ClO4S/c1-7-5-9(8(2)18-7)13(16)17-6-10(15)11-3-4-12(14)19-11/h3-5H,6H2,1-2H3. The molecule has 0 radical (unpaired) electrons. The highest BCUT2D eigenvalue weighted by Crippen LogP contribution is 2.22. The molecule has 100 valence electrons. The van der Waals surface area contributed by atoms with Crippen molar-refractivity contribution in [2.75, 3.05) is 6.61 Å². The van der Waals surface area contributed by atoms with Crippen molar-refractivity contribution in [1.82, 2.24) is 0 Å². The molecule has 0 aliphatic heterocycles. The number of carbonyl (C=O) groups is 2. The molecule has 0 bridgehead atoms. The van der Waals surface area contributed by atoms with E-state index in [4.69, 9.17) is 20.8 Å². The van der Waals surface area contributed by atoms with Crippen LogP contribution >= 0.6 is 22.9 Å². The lowest BCUT2D eigenvalue weighted by Gasteiger charge is -2.01. The highest BCUT2D eigenvalue weighted by Gasteiger charge is 2.17. The molecule has 0 spiro atoms. The van der Waals surface area contributed by atoms with Crippen molar-refractivity contribution >= 4 is 34.7 Å². The van der Waals surface area contributed by atoms with E-state index < -0.39 is 5.97 Å². The summed E-state index contributed by atoms with van der Waals surface area (Å²) < 4.78 is 10.7. The zero-order valence-electron chi connectivity index (χ0n) is 10.4. The molecule has 0 saturated carbocycles. The molecule has 0 aliphatic rings. The van der Waals surface area contributed by atoms with Gasteiger partial charge in [0, 0.05) is 0 Å². The van der Waals surface area contributed by atoms with Gasteiger partial charge in [-0.3, -0.25) is 4.79 Å². The average molecular weight is 299 g/mol. The van der Waals surface area contributed by atoms with Crippen LogP contribution in [0.1, 0.15) is 31.6 Å². The molecule has 19 heavy (non-hydrogen) atoms. The van der Waals surface area contributed by atoms with E-state index in [9.17, 15) is 9.59 Å². The zero-order chi connectivity index (χ0) is 14.0. The van der Waals surface area contributed by atoms with Crippen LogP contribution in [-0.4, -0.2) is 18.4 Å². The van der Waals surface area contributed by atoms with Crippen molar-refractivity contribution in [2.45, 2.75) is 13.8 Å². The number of halogens is 1. The molecule has 0 saturated heterocycles. The third kappa shape index (κ3) is 3.24. The van der Waals surface area contributed by atoms with Crippen molar-refractivity contribution in [3.8, 4) is 0 Å². The van der Waals surface area contributed by atoms with Crippen molar-refractivity contribution in [1.29, 1.82) is 0 Å². The maximum Gasteiger partial charge on any atom is 0.342 e. The lowest BCUT2D eigenvalue weighted by molar-refractivity contribution is 0.0474. The van der Waals surface area contributed by atoms with Crippen molar-refractivity contribution in [3.63, 3.8) is 0 Å². The van der Waals surface area contributed by atoms with Gasteiger partial charge in [-0.15, -0.1) is 11.3 Å². The van der Waals surface area contributed by atoms with Crippen LogP contribution in [0.5, 0.6) is 0 Å². The fourth-order valence-corrected chi connectivity index (χ4v) is 2.54. The first-order valence-corrected chi connectivity index (χ1v) is 6.69. The summed E-state index contributed by atoms with van der Waals surface area (Å²) in [5.74, 6) is 0.267. The van der Waals surface area contributed by atoms with Gasteiger partial charge in [-0.25, -0.2) is 4.79 Å². The molecule has 0 N–H and O–H groups in total. The number of esters is 1. The van der Waals surface area contributed by atoms with Crippen LogP contribution in [0.3, 0.4) is 0 Å². The first-order chi connectivity index (χ1) is 8.97. The molecule has 0 fully saturated rings. The maximum absolute atomic E-state index is 11.8.